The van der Waals surface area contributed by atoms with E-state index in [1.807, 2.05) is 60.7 Å². The summed E-state index contributed by atoms with van der Waals surface area (Å²) in [6.45, 7) is 6.37. The van der Waals surface area contributed by atoms with E-state index < -0.39 is 12.0 Å². The Morgan fingerprint density at radius 3 is 1.93 bits per heavy atom. The predicted octanol–water partition coefficient (Wildman–Crippen LogP) is 3.21. The van der Waals surface area contributed by atoms with Crippen LogP contribution >= 0.6 is 0 Å². The van der Waals surface area contributed by atoms with Crippen LogP contribution in [-0.2, 0) is 14.3 Å². The standard InChI is InChI=1S/C24H30N2O3/c1-18(2)17-21(24(28)26-13-15-29-16-14-26)25-23(27)22(19-9-5-3-6-10-19)20-11-7-4-8-12-20/h3-12,18,21-22H,13-17H2,1-2H3,(H,25,27)/t21-/m1/s1. The van der Waals surface area contributed by atoms with Gasteiger partial charge in [-0.25, -0.2) is 0 Å². The number of hydrogen-bond acceptors (Lipinski definition) is 3. The summed E-state index contributed by atoms with van der Waals surface area (Å²) in [5.41, 5.74) is 1.83. The first-order valence-electron chi connectivity index (χ1n) is 10.3. The van der Waals surface area contributed by atoms with E-state index in [0.717, 1.165) is 11.1 Å². The van der Waals surface area contributed by atoms with Gasteiger partial charge in [0, 0.05) is 13.1 Å². The summed E-state index contributed by atoms with van der Waals surface area (Å²) < 4.78 is 5.36. The van der Waals surface area contributed by atoms with E-state index in [2.05, 4.69) is 19.2 Å². The lowest BCUT2D eigenvalue weighted by Gasteiger charge is -2.32. The molecule has 0 spiro atoms. The van der Waals surface area contributed by atoms with Gasteiger partial charge in [0.05, 0.1) is 19.1 Å². The lowest BCUT2D eigenvalue weighted by atomic mass is 9.90. The topological polar surface area (TPSA) is 58.6 Å². The van der Waals surface area contributed by atoms with E-state index in [1.165, 1.54) is 0 Å². The summed E-state index contributed by atoms with van der Waals surface area (Å²) in [4.78, 5) is 28.3. The number of benzene rings is 2. The highest BCUT2D eigenvalue weighted by Gasteiger charge is 2.31. The Hall–Kier alpha value is -2.66. The number of ether oxygens (including phenoxy) is 1. The number of nitrogens with one attached hydrogen (secondary N) is 1. The van der Waals surface area contributed by atoms with Crippen molar-refractivity contribution in [2.45, 2.75) is 32.2 Å². The second kappa shape index (κ2) is 10.2. The first kappa shape index (κ1) is 21.1. The number of hydrogen-bond donors (Lipinski definition) is 1. The van der Waals surface area contributed by atoms with Crippen molar-refractivity contribution in [2.75, 3.05) is 26.3 Å². The van der Waals surface area contributed by atoms with Gasteiger partial charge >= 0.3 is 0 Å². The van der Waals surface area contributed by atoms with Crippen LogP contribution in [0.5, 0.6) is 0 Å². The summed E-state index contributed by atoms with van der Waals surface area (Å²) in [5.74, 6) is -0.327. The van der Waals surface area contributed by atoms with Crippen molar-refractivity contribution in [1.82, 2.24) is 10.2 Å². The SMILES string of the molecule is CC(C)C[C@@H](NC(=O)C(c1ccccc1)c1ccccc1)C(=O)N1CCOCC1. The Morgan fingerprint density at radius 2 is 1.45 bits per heavy atom. The van der Waals surface area contributed by atoms with Gasteiger partial charge < -0.3 is 15.0 Å². The van der Waals surface area contributed by atoms with Crippen LogP contribution in [0, 0.1) is 5.92 Å². The van der Waals surface area contributed by atoms with Crippen LogP contribution in [0.15, 0.2) is 60.7 Å². The van der Waals surface area contributed by atoms with Gasteiger partial charge in [-0.1, -0.05) is 74.5 Å². The van der Waals surface area contributed by atoms with Gasteiger partial charge in [-0.15, -0.1) is 0 Å². The third-order valence-corrected chi connectivity index (χ3v) is 5.17. The Kier molecular flexibility index (Phi) is 7.42. The van der Waals surface area contributed by atoms with Crippen LogP contribution in [0.3, 0.4) is 0 Å². The van der Waals surface area contributed by atoms with Gasteiger partial charge in [-0.3, -0.25) is 9.59 Å². The maximum absolute atomic E-state index is 13.4. The molecule has 0 bridgehead atoms. The maximum atomic E-state index is 13.4. The lowest BCUT2D eigenvalue weighted by molar-refractivity contribution is -0.140. The van der Waals surface area contributed by atoms with Crippen LogP contribution in [0.1, 0.15) is 37.3 Å². The summed E-state index contributed by atoms with van der Waals surface area (Å²) >= 11 is 0. The number of carbonyl (C=O) groups excluding carboxylic acids is 2. The van der Waals surface area contributed by atoms with Crippen LogP contribution in [-0.4, -0.2) is 49.1 Å². The molecule has 154 valence electrons. The van der Waals surface area contributed by atoms with Crippen molar-refractivity contribution in [3.8, 4) is 0 Å². The third kappa shape index (κ3) is 5.67. The van der Waals surface area contributed by atoms with Gasteiger partial charge in [0.25, 0.3) is 0 Å². The second-order valence-corrected chi connectivity index (χ2v) is 7.88. The van der Waals surface area contributed by atoms with Crippen molar-refractivity contribution >= 4 is 11.8 Å². The van der Waals surface area contributed by atoms with Crippen molar-refractivity contribution in [2.24, 2.45) is 5.92 Å². The highest BCUT2D eigenvalue weighted by Crippen LogP contribution is 2.25. The number of nitrogens with zero attached hydrogens (tertiary/aromatic N) is 1. The Bertz CT molecular complexity index is 747. The Labute approximate surface area is 173 Å². The molecule has 29 heavy (non-hydrogen) atoms. The molecule has 0 saturated carbocycles. The molecule has 0 aliphatic carbocycles. The maximum Gasteiger partial charge on any atom is 0.245 e. The van der Waals surface area contributed by atoms with Crippen molar-refractivity contribution < 1.29 is 14.3 Å². The first-order chi connectivity index (χ1) is 14.1. The molecule has 5 heteroatoms. The highest BCUT2D eigenvalue weighted by molar-refractivity contribution is 5.92. The van der Waals surface area contributed by atoms with E-state index >= 15 is 0 Å². The fourth-order valence-electron chi connectivity index (χ4n) is 3.74. The zero-order valence-electron chi connectivity index (χ0n) is 17.2. The quantitative estimate of drug-likeness (QED) is 0.785. The molecule has 1 aliphatic rings. The molecular weight excluding hydrogens is 364 g/mol. The monoisotopic (exact) mass is 394 g/mol. The predicted molar refractivity (Wildman–Crippen MR) is 114 cm³/mol. The highest BCUT2D eigenvalue weighted by atomic mass is 16.5. The van der Waals surface area contributed by atoms with Crippen molar-refractivity contribution in [3.05, 3.63) is 71.8 Å². The minimum atomic E-state index is -0.532. The summed E-state index contributed by atoms with van der Waals surface area (Å²) in [6.07, 6.45) is 0.609. The zero-order chi connectivity index (χ0) is 20.6. The average Bonchev–Trinajstić information content (AvgIpc) is 2.75. The molecule has 2 amide bonds. The largest absolute Gasteiger partial charge is 0.378 e. The Balaban J connectivity index is 1.84. The summed E-state index contributed by atoms with van der Waals surface area (Å²) in [5, 5.41) is 3.07. The molecule has 1 heterocycles. The van der Waals surface area contributed by atoms with Gasteiger partial charge in [0.2, 0.25) is 11.8 Å². The van der Waals surface area contributed by atoms with Crippen LogP contribution in [0.25, 0.3) is 0 Å². The van der Waals surface area contributed by atoms with Crippen LogP contribution < -0.4 is 5.32 Å². The summed E-state index contributed by atoms with van der Waals surface area (Å²) in [7, 11) is 0. The molecule has 3 rings (SSSR count). The number of amides is 2. The second-order valence-electron chi connectivity index (χ2n) is 7.88. The van der Waals surface area contributed by atoms with Gasteiger partial charge in [0.1, 0.15) is 6.04 Å². The van der Waals surface area contributed by atoms with Crippen molar-refractivity contribution in [1.29, 1.82) is 0 Å². The molecule has 1 aliphatic heterocycles. The molecule has 1 atom stereocenters. The molecule has 2 aromatic carbocycles. The minimum Gasteiger partial charge on any atom is -0.378 e. The van der Waals surface area contributed by atoms with Crippen LogP contribution in [0.4, 0.5) is 0 Å². The van der Waals surface area contributed by atoms with Gasteiger partial charge in [0.15, 0.2) is 0 Å². The molecule has 5 nitrogen and oxygen atoms in total. The molecule has 1 fully saturated rings. The number of morpholine rings is 1. The number of carbonyl (C=O) groups is 2. The molecule has 1 saturated heterocycles. The van der Waals surface area contributed by atoms with Crippen LogP contribution in [0.2, 0.25) is 0 Å². The third-order valence-electron chi connectivity index (χ3n) is 5.17. The van der Waals surface area contributed by atoms with E-state index in [9.17, 15) is 9.59 Å². The van der Waals surface area contributed by atoms with Gasteiger partial charge in [-0.05, 0) is 23.5 Å². The Morgan fingerprint density at radius 1 is 0.931 bits per heavy atom. The number of rotatable bonds is 7. The van der Waals surface area contributed by atoms with E-state index in [1.54, 1.807) is 4.90 Å². The molecule has 0 aromatic heterocycles. The van der Waals surface area contributed by atoms with E-state index in [0.29, 0.717) is 32.7 Å². The van der Waals surface area contributed by atoms with Gasteiger partial charge in [-0.2, -0.15) is 0 Å². The molecule has 0 radical (unpaired) electrons. The molecular formula is C24H30N2O3. The molecule has 0 unspecified atom stereocenters. The summed E-state index contributed by atoms with van der Waals surface area (Å²) in [6, 6.07) is 18.9. The van der Waals surface area contributed by atoms with E-state index in [4.69, 9.17) is 4.74 Å². The molecule has 1 N–H and O–H groups in total. The molecule has 2 aromatic rings. The van der Waals surface area contributed by atoms with Crippen molar-refractivity contribution in [3.63, 3.8) is 0 Å². The smallest absolute Gasteiger partial charge is 0.245 e. The minimum absolute atomic E-state index is 0.0183. The fraction of sp³-hybridized carbons (Fsp3) is 0.417. The van der Waals surface area contributed by atoms with E-state index in [-0.39, 0.29) is 17.7 Å². The normalized spacial score (nSPS) is 15.4. The lowest BCUT2D eigenvalue weighted by Crippen LogP contribution is -2.53. The fourth-order valence-corrected chi connectivity index (χ4v) is 3.74. The first-order valence-corrected chi connectivity index (χ1v) is 10.3. The zero-order valence-corrected chi connectivity index (χ0v) is 17.2. The average molecular weight is 395 g/mol.